The Kier molecular flexibility index (Phi) is 21.5. The number of hydrogen-bond donors (Lipinski definition) is 2. The summed E-state index contributed by atoms with van der Waals surface area (Å²) < 4.78 is 0. The Morgan fingerprint density at radius 3 is 1.41 bits per heavy atom. The number of nitrogens with two attached hydrogens (primary N) is 1. The standard InChI is InChI=1S/C17H37N.HNO3/c1-3-5-7-9-10-12-14-16-17(18)15-13-11-8-6-4-2;2-1(3)4/h17H,3-16,18H2,1-2H3;(H,2,3,4). The van der Waals surface area contributed by atoms with Crippen molar-refractivity contribution < 1.29 is 10.3 Å². The van der Waals surface area contributed by atoms with Crippen molar-refractivity contribution in [3.8, 4) is 0 Å². The molecular formula is C17H38N2O3. The lowest BCUT2D eigenvalue weighted by Gasteiger charge is -2.11. The van der Waals surface area contributed by atoms with Crippen LogP contribution in [-0.4, -0.2) is 16.3 Å². The van der Waals surface area contributed by atoms with E-state index in [9.17, 15) is 0 Å². The van der Waals surface area contributed by atoms with E-state index in [2.05, 4.69) is 13.8 Å². The second kappa shape index (κ2) is 20.2. The third-order valence-electron chi connectivity index (χ3n) is 3.86. The third kappa shape index (κ3) is 27.5. The highest BCUT2D eigenvalue weighted by Gasteiger charge is 2.02. The van der Waals surface area contributed by atoms with Crippen molar-refractivity contribution in [3.05, 3.63) is 10.1 Å². The molecule has 0 aliphatic rings. The van der Waals surface area contributed by atoms with Gasteiger partial charge in [0.1, 0.15) is 0 Å². The van der Waals surface area contributed by atoms with E-state index >= 15 is 0 Å². The van der Waals surface area contributed by atoms with Crippen LogP contribution in [0.25, 0.3) is 0 Å². The Morgan fingerprint density at radius 2 is 1.09 bits per heavy atom. The molecule has 0 aliphatic heterocycles. The van der Waals surface area contributed by atoms with Crippen LogP contribution in [0.4, 0.5) is 0 Å². The van der Waals surface area contributed by atoms with E-state index in [1.165, 1.54) is 89.9 Å². The zero-order valence-corrected chi connectivity index (χ0v) is 14.8. The Bertz CT molecular complexity index is 222. The van der Waals surface area contributed by atoms with Gasteiger partial charge >= 0.3 is 0 Å². The summed E-state index contributed by atoms with van der Waals surface area (Å²) in [6, 6.07) is 0.474. The molecule has 0 fully saturated rings. The lowest BCUT2D eigenvalue weighted by Crippen LogP contribution is -2.19. The fourth-order valence-electron chi connectivity index (χ4n) is 2.52. The Balaban J connectivity index is 0. The summed E-state index contributed by atoms with van der Waals surface area (Å²) in [6.45, 7) is 4.55. The SMILES string of the molecule is CCCCCCCCCC(N)CCCCCCC.O=[N+]([O-])O. The van der Waals surface area contributed by atoms with Gasteiger partial charge in [0, 0.05) is 6.04 Å². The molecule has 22 heavy (non-hydrogen) atoms. The molecule has 0 spiro atoms. The molecule has 0 amide bonds. The van der Waals surface area contributed by atoms with E-state index in [4.69, 9.17) is 21.1 Å². The molecule has 0 bridgehead atoms. The highest BCUT2D eigenvalue weighted by molar-refractivity contribution is 4.61. The molecule has 0 aliphatic carbocycles. The number of unbranched alkanes of at least 4 members (excludes halogenated alkanes) is 10. The van der Waals surface area contributed by atoms with Gasteiger partial charge in [-0.2, -0.15) is 0 Å². The Hall–Kier alpha value is -0.840. The van der Waals surface area contributed by atoms with E-state index < -0.39 is 5.09 Å². The molecule has 0 aromatic carbocycles. The molecule has 0 aromatic rings. The molecule has 5 nitrogen and oxygen atoms in total. The van der Waals surface area contributed by atoms with Gasteiger partial charge in [-0.3, -0.25) is 0 Å². The van der Waals surface area contributed by atoms with E-state index in [-0.39, 0.29) is 0 Å². The van der Waals surface area contributed by atoms with Crippen molar-refractivity contribution in [2.45, 2.75) is 110 Å². The fourth-order valence-corrected chi connectivity index (χ4v) is 2.52. The minimum atomic E-state index is -1.50. The quantitative estimate of drug-likeness (QED) is 0.252. The van der Waals surface area contributed by atoms with Gasteiger partial charge < -0.3 is 10.9 Å². The monoisotopic (exact) mass is 318 g/mol. The number of rotatable bonds is 14. The summed E-state index contributed by atoms with van der Waals surface area (Å²) in [5, 5.41) is 13.6. The molecule has 134 valence electrons. The van der Waals surface area contributed by atoms with Crippen LogP contribution < -0.4 is 5.73 Å². The summed E-state index contributed by atoms with van der Waals surface area (Å²) in [5.41, 5.74) is 6.15. The first-order valence-corrected chi connectivity index (χ1v) is 9.13. The first-order valence-electron chi connectivity index (χ1n) is 9.13. The summed E-state index contributed by atoms with van der Waals surface area (Å²) in [4.78, 5) is 8.36. The third-order valence-corrected chi connectivity index (χ3v) is 3.86. The van der Waals surface area contributed by atoms with Gasteiger partial charge in [-0.1, -0.05) is 90.9 Å². The predicted octanol–water partition coefficient (Wildman–Crippen LogP) is 5.47. The highest BCUT2D eigenvalue weighted by Crippen LogP contribution is 2.12. The smallest absolute Gasteiger partial charge is 0.291 e. The van der Waals surface area contributed by atoms with Crippen molar-refractivity contribution >= 4 is 0 Å². The summed E-state index contributed by atoms with van der Waals surface area (Å²) in [6.07, 6.45) is 19.2. The second-order valence-electron chi connectivity index (χ2n) is 6.11. The van der Waals surface area contributed by atoms with Crippen LogP contribution in [0.15, 0.2) is 0 Å². The van der Waals surface area contributed by atoms with Crippen molar-refractivity contribution in [3.63, 3.8) is 0 Å². The normalized spacial score (nSPS) is 11.6. The van der Waals surface area contributed by atoms with Crippen molar-refractivity contribution in [1.29, 1.82) is 0 Å². The van der Waals surface area contributed by atoms with Gasteiger partial charge in [-0.25, -0.2) is 0 Å². The first-order chi connectivity index (χ1) is 10.5. The molecule has 3 N–H and O–H groups in total. The second-order valence-corrected chi connectivity index (χ2v) is 6.11. The maximum Gasteiger partial charge on any atom is 0.291 e. The minimum absolute atomic E-state index is 0.474. The maximum atomic E-state index is 8.36. The van der Waals surface area contributed by atoms with E-state index in [1.54, 1.807) is 0 Å². The topological polar surface area (TPSA) is 89.4 Å². The molecular weight excluding hydrogens is 280 g/mol. The summed E-state index contributed by atoms with van der Waals surface area (Å²) in [5.74, 6) is 0. The molecule has 0 heterocycles. The average Bonchev–Trinajstić information content (AvgIpc) is 2.45. The van der Waals surface area contributed by atoms with Crippen LogP contribution in [0.2, 0.25) is 0 Å². The molecule has 5 heteroatoms. The van der Waals surface area contributed by atoms with Crippen LogP contribution >= 0.6 is 0 Å². The zero-order valence-electron chi connectivity index (χ0n) is 14.8. The maximum absolute atomic E-state index is 8.36. The van der Waals surface area contributed by atoms with Crippen LogP contribution in [0.1, 0.15) is 104 Å². The molecule has 0 saturated carbocycles. The minimum Gasteiger partial charge on any atom is -0.328 e. The fraction of sp³-hybridized carbons (Fsp3) is 1.00. The average molecular weight is 319 g/mol. The van der Waals surface area contributed by atoms with Gasteiger partial charge in [0.2, 0.25) is 0 Å². The molecule has 0 radical (unpaired) electrons. The van der Waals surface area contributed by atoms with Crippen LogP contribution in [0, 0.1) is 10.1 Å². The predicted molar refractivity (Wildman–Crippen MR) is 92.7 cm³/mol. The lowest BCUT2D eigenvalue weighted by molar-refractivity contribution is -0.742. The highest BCUT2D eigenvalue weighted by atomic mass is 16.9. The van der Waals surface area contributed by atoms with Crippen LogP contribution in [0.5, 0.6) is 0 Å². The van der Waals surface area contributed by atoms with Gasteiger partial charge in [0.15, 0.2) is 0 Å². The first kappa shape index (κ1) is 23.4. The van der Waals surface area contributed by atoms with Crippen molar-refractivity contribution in [2.75, 3.05) is 0 Å². The lowest BCUT2D eigenvalue weighted by atomic mass is 10.0. The van der Waals surface area contributed by atoms with Gasteiger partial charge in [0.25, 0.3) is 5.09 Å². The van der Waals surface area contributed by atoms with Gasteiger partial charge in [-0.05, 0) is 12.8 Å². The Labute approximate surface area is 136 Å². The van der Waals surface area contributed by atoms with Crippen LogP contribution in [0.3, 0.4) is 0 Å². The molecule has 0 aromatic heterocycles. The number of nitrogens with zero attached hydrogens (tertiary/aromatic N) is 1. The summed E-state index contributed by atoms with van der Waals surface area (Å²) in [7, 11) is 0. The Morgan fingerprint density at radius 1 is 0.818 bits per heavy atom. The van der Waals surface area contributed by atoms with E-state index in [0.29, 0.717) is 6.04 Å². The number of hydrogen-bond acceptors (Lipinski definition) is 3. The van der Waals surface area contributed by atoms with Crippen molar-refractivity contribution in [1.82, 2.24) is 0 Å². The molecule has 1 unspecified atom stereocenters. The largest absolute Gasteiger partial charge is 0.328 e. The van der Waals surface area contributed by atoms with Crippen molar-refractivity contribution in [2.24, 2.45) is 5.73 Å². The zero-order chi connectivity index (χ0) is 17.1. The van der Waals surface area contributed by atoms with Gasteiger partial charge in [-0.15, -0.1) is 10.1 Å². The van der Waals surface area contributed by atoms with E-state index in [0.717, 1.165) is 0 Å². The van der Waals surface area contributed by atoms with Gasteiger partial charge in [0.05, 0.1) is 0 Å². The molecule has 0 saturated heterocycles. The summed E-state index contributed by atoms with van der Waals surface area (Å²) >= 11 is 0. The van der Waals surface area contributed by atoms with Crippen LogP contribution in [-0.2, 0) is 0 Å². The molecule has 0 rings (SSSR count). The molecule has 1 atom stereocenters. The van der Waals surface area contributed by atoms with E-state index in [1.807, 2.05) is 0 Å².